The molecule has 2 aliphatic rings. The van der Waals surface area contributed by atoms with E-state index >= 15 is 0 Å². The lowest BCUT2D eigenvalue weighted by atomic mass is 9.86. The van der Waals surface area contributed by atoms with Crippen molar-refractivity contribution < 1.29 is 33.7 Å². The lowest BCUT2D eigenvalue weighted by Gasteiger charge is -2.31. The Kier molecular flexibility index (Phi) is 20.3. The largest absolute Gasteiger partial charge is 0.494 e. The fourth-order valence-corrected chi connectivity index (χ4v) is 12.2. The van der Waals surface area contributed by atoms with E-state index in [1.54, 1.807) is 41.8 Å². The summed E-state index contributed by atoms with van der Waals surface area (Å²) in [7, 11) is 0. The molecule has 462 valence electrons. The number of rotatable bonds is 29. The van der Waals surface area contributed by atoms with Crippen LogP contribution in [0.4, 0.5) is 0 Å². The van der Waals surface area contributed by atoms with E-state index in [-0.39, 0.29) is 42.2 Å². The second kappa shape index (κ2) is 29.4. The van der Waals surface area contributed by atoms with Crippen molar-refractivity contribution in [2.75, 3.05) is 13.2 Å². The van der Waals surface area contributed by atoms with E-state index in [0.29, 0.717) is 106 Å². The molecule has 90 heavy (non-hydrogen) atoms. The van der Waals surface area contributed by atoms with E-state index in [0.717, 1.165) is 93.8 Å². The maximum absolute atomic E-state index is 14.0. The number of hydrogen-bond donors (Lipinski definition) is 1. The van der Waals surface area contributed by atoms with E-state index in [4.69, 9.17) is 19.2 Å². The Morgan fingerprint density at radius 2 is 1.23 bits per heavy atom. The number of carbonyl (C=O) groups excluding carboxylic acids is 3. The van der Waals surface area contributed by atoms with Crippen molar-refractivity contribution in [3.63, 3.8) is 0 Å². The summed E-state index contributed by atoms with van der Waals surface area (Å²) in [6, 6.07) is 44.8. The van der Waals surface area contributed by atoms with E-state index in [1.807, 2.05) is 103 Å². The molecule has 0 aliphatic carbocycles. The molecule has 8 heterocycles. The molecule has 9 aromatic rings. The zero-order valence-electron chi connectivity index (χ0n) is 51.6. The van der Waals surface area contributed by atoms with Gasteiger partial charge in [-0.2, -0.15) is 0 Å². The van der Waals surface area contributed by atoms with Crippen LogP contribution < -0.4 is 15.0 Å². The molecular weight excluding hydrogens is 1130 g/mol. The quantitative estimate of drug-likeness (QED) is 0.0264. The minimum absolute atomic E-state index is 0.0524. The topological polar surface area (TPSA) is 195 Å². The first-order valence-corrected chi connectivity index (χ1v) is 31.5. The van der Waals surface area contributed by atoms with Crippen LogP contribution in [0.5, 0.6) is 11.5 Å². The molecule has 1 atom stereocenters. The van der Waals surface area contributed by atoms with Crippen LogP contribution in [0.15, 0.2) is 169 Å². The molecule has 0 saturated carbocycles. The molecule has 0 bridgehead atoms. The number of benzene rings is 3. The van der Waals surface area contributed by atoms with Crippen LogP contribution in [0.3, 0.4) is 0 Å². The van der Waals surface area contributed by atoms with Crippen LogP contribution in [0, 0.1) is 0 Å². The number of carbonyl (C=O) groups is 3. The molecule has 1 unspecified atom stereocenters. The molecule has 11 rings (SSSR count). The molecule has 2 aliphatic heterocycles. The van der Waals surface area contributed by atoms with E-state index in [1.165, 1.54) is 0 Å². The normalized spacial score (nSPS) is 14.1. The molecule has 6 aromatic heterocycles. The van der Waals surface area contributed by atoms with E-state index in [2.05, 4.69) is 79.1 Å². The van der Waals surface area contributed by atoms with Crippen LogP contribution in [0.25, 0.3) is 22.3 Å². The molecule has 17 heteroatoms. The lowest BCUT2D eigenvalue weighted by Crippen LogP contribution is -2.44. The molecule has 0 spiro atoms. The molecule has 0 radical (unpaired) electrons. The Hall–Kier alpha value is -9.29. The number of esters is 2. The summed E-state index contributed by atoms with van der Waals surface area (Å²) in [5.74, 6) is -0.0830. The van der Waals surface area contributed by atoms with E-state index in [9.17, 15) is 24.3 Å². The number of fused-ring (bicyclic) bond motifs is 5. The zero-order valence-corrected chi connectivity index (χ0v) is 51.6. The maximum atomic E-state index is 14.0. The Balaban J connectivity index is 0.765. The van der Waals surface area contributed by atoms with Crippen LogP contribution >= 0.6 is 0 Å². The highest BCUT2D eigenvalue weighted by atomic mass is 16.6. The minimum Gasteiger partial charge on any atom is -0.494 e. The third-order valence-electron chi connectivity index (χ3n) is 16.9. The first-order valence-electron chi connectivity index (χ1n) is 31.5. The number of nitrogens with zero attached hydrogens (tertiary/aromatic N) is 9. The molecule has 3 aromatic carbocycles. The first kappa shape index (κ1) is 62.3. The fraction of sp³-hybridized carbons (Fsp3) is 0.329. The highest BCUT2D eigenvalue weighted by molar-refractivity contribution is 5.93. The van der Waals surface area contributed by atoms with Crippen molar-refractivity contribution in [2.45, 2.75) is 143 Å². The Morgan fingerprint density at radius 3 is 1.79 bits per heavy atom. The Morgan fingerprint density at radius 1 is 0.622 bits per heavy atom. The third-order valence-corrected chi connectivity index (χ3v) is 16.9. The predicted octanol–water partition coefficient (Wildman–Crippen LogP) is 12.0. The number of ether oxygens (including phenoxy) is 3. The van der Waals surface area contributed by atoms with Gasteiger partial charge in [-0.15, -0.1) is 0 Å². The number of aryl methyl sites for hydroxylation is 1. The van der Waals surface area contributed by atoms with Crippen LogP contribution in [0.1, 0.15) is 144 Å². The van der Waals surface area contributed by atoms with Gasteiger partial charge in [0.2, 0.25) is 5.91 Å². The van der Waals surface area contributed by atoms with Gasteiger partial charge in [-0.3, -0.25) is 39.3 Å². The highest BCUT2D eigenvalue weighted by Gasteiger charge is 2.45. The van der Waals surface area contributed by atoms with Crippen molar-refractivity contribution in [1.82, 2.24) is 44.2 Å². The van der Waals surface area contributed by atoms with Gasteiger partial charge in [0, 0.05) is 100 Å². The minimum atomic E-state index is -1.93. The van der Waals surface area contributed by atoms with Crippen molar-refractivity contribution in [2.24, 2.45) is 0 Å². The highest BCUT2D eigenvalue weighted by Crippen LogP contribution is 2.41. The summed E-state index contributed by atoms with van der Waals surface area (Å²) < 4.78 is 19.6. The Bertz CT molecular complexity index is 3810. The van der Waals surface area contributed by atoms with Gasteiger partial charge in [0.15, 0.2) is 5.60 Å². The average Bonchev–Trinajstić information content (AvgIpc) is 1.51. The second-order valence-corrected chi connectivity index (χ2v) is 23.4. The van der Waals surface area contributed by atoms with Crippen molar-refractivity contribution in [1.29, 1.82) is 0 Å². The van der Waals surface area contributed by atoms with Gasteiger partial charge < -0.3 is 28.8 Å². The number of cyclic esters (lactones) is 1. The molecule has 1 amide bonds. The summed E-state index contributed by atoms with van der Waals surface area (Å²) >= 11 is 0. The smallest absolute Gasteiger partial charge is 0.343 e. The second-order valence-electron chi connectivity index (χ2n) is 23.4. The molecule has 17 nitrogen and oxygen atoms in total. The van der Waals surface area contributed by atoms with Gasteiger partial charge in [-0.25, -0.2) is 14.6 Å². The van der Waals surface area contributed by atoms with Crippen molar-refractivity contribution >= 4 is 28.7 Å². The average molecular weight is 1210 g/mol. The number of amides is 1. The van der Waals surface area contributed by atoms with Gasteiger partial charge in [0.25, 0.3) is 5.56 Å². The summed E-state index contributed by atoms with van der Waals surface area (Å²) in [6.07, 6.45) is 13.9. The third kappa shape index (κ3) is 15.1. The van der Waals surface area contributed by atoms with Crippen LogP contribution in [-0.4, -0.2) is 80.3 Å². The van der Waals surface area contributed by atoms with E-state index < -0.39 is 17.5 Å². The zero-order chi connectivity index (χ0) is 62.4. The van der Waals surface area contributed by atoms with Crippen LogP contribution in [-0.2, 0) is 85.3 Å². The summed E-state index contributed by atoms with van der Waals surface area (Å²) in [5.41, 5.74) is 9.21. The number of pyridine rings is 6. The number of unbranched alkanes of at least 4 members (excludes halogenated alkanes) is 4. The van der Waals surface area contributed by atoms with Crippen LogP contribution in [0.2, 0.25) is 0 Å². The first-order chi connectivity index (χ1) is 43.9. The molecule has 0 fully saturated rings. The van der Waals surface area contributed by atoms with Gasteiger partial charge in [0.05, 0.1) is 64.0 Å². The molecular formula is C73H77N9O8. The van der Waals surface area contributed by atoms with Crippen molar-refractivity contribution in [3.05, 3.63) is 242 Å². The monoisotopic (exact) mass is 1210 g/mol. The molecule has 1 N–H and O–H groups in total. The maximum Gasteiger partial charge on any atom is 0.343 e. The number of aromatic nitrogens is 6. The van der Waals surface area contributed by atoms with Crippen molar-refractivity contribution in [3.8, 4) is 22.9 Å². The van der Waals surface area contributed by atoms with Gasteiger partial charge in [-0.1, -0.05) is 82.5 Å². The fourth-order valence-electron chi connectivity index (χ4n) is 12.2. The standard InChI is InChI=1S/C73H77N9O8/c1-4-7-8-9-24-68(83)81(44-51-25-27-54(28-26-51)71(85)90-59-29-30-66-62(40-59)61(5-2)63-49-82-67(69(63)78-66)41-65-64(70(82)84)50-89-72(86)73(65,87)6-3)35-18-19-36-88-60-38-52(42-79(45-55-20-10-14-31-74-55)46-56-21-11-15-32-75-56)37-53(39-60)43-80(47-57-22-12-16-33-76-57)48-58-23-13-17-34-77-58/h10-17,20-23,25-34,37-41,87H,4-9,18-19,24,35-36,42-50H2,1-3H3. The van der Waals surface area contributed by atoms with Gasteiger partial charge in [0.1, 0.15) is 18.1 Å². The Labute approximate surface area is 525 Å². The van der Waals surface area contributed by atoms with Gasteiger partial charge in [-0.05, 0) is 151 Å². The predicted molar refractivity (Wildman–Crippen MR) is 344 cm³/mol. The summed E-state index contributed by atoms with van der Waals surface area (Å²) in [4.78, 5) is 84.8. The summed E-state index contributed by atoms with van der Waals surface area (Å²) in [5, 5.41) is 12.2. The number of aliphatic hydroxyl groups is 1. The van der Waals surface area contributed by atoms with Gasteiger partial charge >= 0.3 is 11.9 Å². The summed E-state index contributed by atoms with van der Waals surface area (Å²) in [6.45, 7) is 11.1. The molecule has 0 saturated heterocycles. The number of hydrogen-bond acceptors (Lipinski definition) is 15. The lowest BCUT2D eigenvalue weighted by molar-refractivity contribution is -0.172. The SMILES string of the molecule is CCCCCCC(=O)N(CCCCOc1cc(CN(Cc2ccccn2)Cc2ccccn2)cc(CN(Cc2ccccn2)Cc2ccccn2)c1)Cc1ccc(C(=O)Oc2ccc3nc4c(c(CC)c3c2)Cn2c-4cc3c(c2=O)COC(=O)C3(O)CC)cc1.